The van der Waals surface area contributed by atoms with Gasteiger partial charge in [-0.15, -0.1) is 0 Å². The van der Waals surface area contributed by atoms with Crippen molar-refractivity contribution in [1.29, 1.82) is 0 Å². The van der Waals surface area contributed by atoms with Gasteiger partial charge in [-0.05, 0) is 78.9 Å². The third kappa shape index (κ3) is 5.00. The molecule has 0 aliphatic carbocycles. The molecule has 4 aromatic rings. The number of aliphatic hydroxyl groups excluding tert-OH is 1. The highest BCUT2D eigenvalue weighted by Crippen LogP contribution is 2.45. The van der Waals surface area contributed by atoms with E-state index in [4.69, 9.17) is 9.47 Å². The van der Waals surface area contributed by atoms with Crippen LogP contribution in [0.5, 0.6) is 11.5 Å². The summed E-state index contributed by atoms with van der Waals surface area (Å²) in [6.45, 7) is 8.57. The first-order valence-electron chi connectivity index (χ1n) is 12.7. The second-order valence-corrected chi connectivity index (χ2v) is 11.1. The van der Waals surface area contributed by atoms with Crippen LogP contribution in [0.4, 0.5) is 5.13 Å². The molecule has 1 unspecified atom stereocenters. The Kier molecular flexibility index (Phi) is 7.14. The lowest BCUT2D eigenvalue weighted by molar-refractivity contribution is -0.132. The number of fused-ring (bicyclic) bond motifs is 1. The molecule has 3 aromatic carbocycles. The summed E-state index contributed by atoms with van der Waals surface area (Å²) in [4.78, 5) is 33.2. The van der Waals surface area contributed by atoms with E-state index in [9.17, 15) is 14.7 Å². The van der Waals surface area contributed by atoms with Crippen LogP contribution in [0.3, 0.4) is 0 Å². The number of methoxy groups -OCH3 is 1. The summed E-state index contributed by atoms with van der Waals surface area (Å²) in [6, 6.07) is 17.4. The zero-order valence-corrected chi connectivity index (χ0v) is 23.3. The van der Waals surface area contributed by atoms with Crippen LogP contribution in [0.25, 0.3) is 16.0 Å². The van der Waals surface area contributed by atoms with Gasteiger partial charge in [0, 0.05) is 5.56 Å². The van der Waals surface area contributed by atoms with Crippen molar-refractivity contribution in [2.45, 2.75) is 33.7 Å². The second-order valence-electron chi connectivity index (χ2n) is 10.1. The molecule has 2 heterocycles. The van der Waals surface area contributed by atoms with E-state index in [-0.39, 0.29) is 11.3 Å². The molecule has 0 bridgehead atoms. The lowest BCUT2D eigenvalue weighted by Gasteiger charge is -2.23. The minimum Gasteiger partial charge on any atom is -0.507 e. The predicted molar refractivity (Wildman–Crippen MR) is 154 cm³/mol. The Balaban J connectivity index is 1.66. The standard InChI is InChI=1S/C31H30N2O5S/c1-17(2)16-38-24-12-10-21(14-19(24)4)28(34)26-27(20-7-6-8-22(15-20)37-5)33(30(36)29(26)35)31-32-23-11-9-18(3)13-25(23)39-31/h6-15,17,27,34H,16H2,1-5H3/b28-26+. The lowest BCUT2D eigenvalue weighted by atomic mass is 9.94. The van der Waals surface area contributed by atoms with E-state index in [0.717, 1.165) is 21.3 Å². The van der Waals surface area contributed by atoms with Gasteiger partial charge >= 0.3 is 5.91 Å². The minimum absolute atomic E-state index is 0.000983. The molecule has 1 aliphatic rings. The summed E-state index contributed by atoms with van der Waals surface area (Å²) < 4.78 is 12.2. The second kappa shape index (κ2) is 10.5. The molecule has 1 N–H and O–H groups in total. The van der Waals surface area contributed by atoms with Crippen LogP contribution < -0.4 is 14.4 Å². The van der Waals surface area contributed by atoms with E-state index in [0.29, 0.717) is 40.3 Å². The van der Waals surface area contributed by atoms with Gasteiger partial charge in [-0.1, -0.05) is 43.4 Å². The number of carbonyl (C=O) groups excluding carboxylic acids is 2. The number of benzene rings is 3. The number of aryl methyl sites for hydroxylation is 2. The molecule has 1 fully saturated rings. The van der Waals surface area contributed by atoms with E-state index in [2.05, 4.69) is 18.8 Å². The fourth-order valence-electron chi connectivity index (χ4n) is 4.65. The molecule has 0 spiro atoms. The first-order valence-corrected chi connectivity index (χ1v) is 13.6. The van der Waals surface area contributed by atoms with Gasteiger partial charge in [0.2, 0.25) is 0 Å². The number of anilines is 1. The summed E-state index contributed by atoms with van der Waals surface area (Å²) in [5, 5.41) is 11.9. The maximum absolute atomic E-state index is 13.6. The zero-order valence-electron chi connectivity index (χ0n) is 22.5. The predicted octanol–water partition coefficient (Wildman–Crippen LogP) is 6.58. The van der Waals surface area contributed by atoms with Crippen molar-refractivity contribution in [3.8, 4) is 11.5 Å². The fourth-order valence-corrected chi connectivity index (χ4v) is 5.74. The van der Waals surface area contributed by atoms with E-state index in [1.54, 1.807) is 43.5 Å². The number of nitrogens with zero attached hydrogens (tertiary/aromatic N) is 2. The van der Waals surface area contributed by atoms with Crippen LogP contribution in [0.2, 0.25) is 0 Å². The largest absolute Gasteiger partial charge is 0.507 e. The van der Waals surface area contributed by atoms with E-state index >= 15 is 0 Å². The molecular formula is C31H30N2O5S. The first kappa shape index (κ1) is 26.4. The van der Waals surface area contributed by atoms with Crippen LogP contribution in [-0.4, -0.2) is 35.5 Å². The number of aromatic nitrogens is 1. The number of aliphatic hydroxyl groups is 1. The molecule has 0 radical (unpaired) electrons. The smallest absolute Gasteiger partial charge is 0.301 e. The van der Waals surface area contributed by atoms with Gasteiger partial charge in [0.05, 0.1) is 35.5 Å². The number of Topliss-reactive ketones (excluding diaryl/α,β-unsaturated/α-hetero) is 1. The third-order valence-electron chi connectivity index (χ3n) is 6.61. The monoisotopic (exact) mass is 542 g/mol. The molecule has 0 saturated carbocycles. The molecule has 1 aromatic heterocycles. The van der Waals surface area contributed by atoms with Crippen molar-refractivity contribution in [1.82, 2.24) is 4.98 Å². The van der Waals surface area contributed by atoms with Crippen LogP contribution in [0, 0.1) is 19.8 Å². The van der Waals surface area contributed by atoms with Gasteiger partial charge in [-0.25, -0.2) is 4.98 Å². The summed E-state index contributed by atoms with van der Waals surface area (Å²) in [5.41, 5.74) is 3.67. The Labute approximate surface area is 231 Å². The van der Waals surface area contributed by atoms with Gasteiger partial charge in [-0.3, -0.25) is 14.5 Å². The highest BCUT2D eigenvalue weighted by atomic mass is 32.1. The summed E-state index contributed by atoms with van der Waals surface area (Å²) in [6.07, 6.45) is 0. The number of hydrogen-bond acceptors (Lipinski definition) is 7. The topological polar surface area (TPSA) is 89.0 Å². The molecular weight excluding hydrogens is 512 g/mol. The summed E-state index contributed by atoms with van der Waals surface area (Å²) >= 11 is 1.33. The fraction of sp³-hybridized carbons (Fsp3) is 0.258. The molecule has 1 amide bonds. The Hall–Kier alpha value is -4.17. The van der Waals surface area contributed by atoms with E-state index in [1.165, 1.54) is 16.2 Å². The van der Waals surface area contributed by atoms with Crippen molar-refractivity contribution in [2.75, 3.05) is 18.6 Å². The number of ether oxygens (including phenoxy) is 2. The number of rotatable bonds is 7. The van der Waals surface area contributed by atoms with Crippen LogP contribution in [0.15, 0.2) is 66.2 Å². The normalized spacial score (nSPS) is 16.9. The molecule has 8 heteroatoms. The number of ketones is 1. The van der Waals surface area contributed by atoms with Gasteiger partial charge in [0.25, 0.3) is 5.78 Å². The van der Waals surface area contributed by atoms with Gasteiger partial charge in [0.1, 0.15) is 17.3 Å². The maximum Gasteiger partial charge on any atom is 0.301 e. The van der Waals surface area contributed by atoms with Crippen molar-refractivity contribution in [2.24, 2.45) is 5.92 Å². The Morgan fingerprint density at radius 3 is 2.59 bits per heavy atom. The third-order valence-corrected chi connectivity index (χ3v) is 7.63. The Morgan fingerprint density at radius 1 is 1.08 bits per heavy atom. The first-order chi connectivity index (χ1) is 18.7. The molecule has 200 valence electrons. The molecule has 39 heavy (non-hydrogen) atoms. The summed E-state index contributed by atoms with van der Waals surface area (Å²) in [7, 11) is 1.55. The van der Waals surface area contributed by atoms with Crippen molar-refractivity contribution >= 4 is 44.1 Å². The Morgan fingerprint density at radius 2 is 1.87 bits per heavy atom. The number of carbonyl (C=O) groups is 2. The van der Waals surface area contributed by atoms with E-state index in [1.807, 2.05) is 38.1 Å². The van der Waals surface area contributed by atoms with Crippen LogP contribution in [-0.2, 0) is 9.59 Å². The SMILES string of the molecule is COc1cccc(C2/C(=C(\O)c3ccc(OCC(C)C)c(C)c3)C(=O)C(=O)N2c2nc3ccc(C)cc3s2)c1. The number of amides is 1. The molecule has 7 nitrogen and oxygen atoms in total. The van der Waals surface area contributed by atoms with Crippen molar-refractivity contribution in [3.05, 3.63) is 88.5 Å². The zero-order chi connectivity index (χ0) is 27.8. The molecule has 5 rings (SSSR count). The van der Waals surface area contributed by atoms with Crippen LogP contribution >= 0.6 is 11.3 Å². The maximum atomic E-state index is 13.6. The highest BCUT2D eigenvalue weighted by Gasteiger charge is 2.48. The molecule has 1 atom stereocenters. The lowest BCUT2D eigenvalue weighted by Crippen LogP contribution is -2.29. The number of hydrogen-bond donors (Lipinski definition) is 1. The van der Waals surface area contributed by atoms with Crippen molar-refractivity contribution < 1.29 is 24.2 Å². The molecule has 1 aliphatic heterocycles. The summed E-state index contributed by atoms with van der Waals surface area (Å²) in [5.74, 6) is -0.125. The van der Waals surface area contributed by atoms with Gasteiger partial charge in [-0.2, -0.15) is 0 Å². The highest BCUT2D eigenvalue weighted by molar-refractivity contribution is 7.22. The minimum atomic E-state index is -0.890. The van der Waals surface area contributed by atoms with Crippen LogP contribution in [0.1, 0.15) is 42.1 Å². The van der Waals surface area contributed by atoms with Gasteiger partial charge < -0.3 is 14.6 Å². The number of thiazole rings is 1. The average Bonchev–Trinajstić information content (AvgIpc) is 3.44. The van der Waals surface area contributed by atoms with Crippen molar-refractivity contribution in [3.63, 3.8) is 0 Å². The Bertz CT molecular complexity index is 1620. The average molecular weight is 543 g/mol. The molecule has 1 saturated heterocycles. The van der Waals surface area contributed by atoms with Gasteiger partial charge in [0.15, 0.2) is 5.13 Å². The van der Waals surface area contributed by atoms with E-state index < -0.39 is 17.7 Å². The quantitative estimate of drug-likeness (QED) is 0.161.